The molecule has 0 fully saturated rings. The van der Waals surface area contributed by atoms with Crippen LogP contribution in [0.3, 0.4) is 0 Å². The van der Waals surface area contributed by atoms with Crippen molar-refractivity contribution in [2.24, 2.45) is 0 Å². The minimum Gasteiger partial charge on any atom is -0.489 e. The van der Waals surface area contributed by atoms with Crippen LogP contribution in [0.1, 0.15) is 52.3 Å². The van der Waals surface area contributed by atoms with E-state index in [2.05, 4.69) is 48.6 Å². The molecule has 1 amide bonds. The van der Waals surface area contributed by atoms with Gasteiger partial charge in [-0.2, -0.15) is 0 Å². The zero-order chi connectivity index (χ0) is 22.2. The van der Waals surface area contributed by atoms with Crippen LogP contribution in [-0.2, 0) is 19.7 Å². The van der Waals surface area contributed by atoms with E-state index in [0.717, 1.165) is 42.2 Å². The average Bonchev–Trinajstić information content (AvgIpc) is 3.12. The van der Waals surface area contributed by atoms with Gasteiger partial charge in [0.15, 0.2) is 0 Å². The van der Waals surface area contributed by atoms with Gasteiger partial charge in [-0.1, -0.05) is 35.5 Å². The first-order valence-electron chi connectivity index (χ1n) is 10.8. The van der Waals surface area contributed by atoms with Crippen LogP contribution >= 0.6 is 0 Å². The van der Waals surface area contributed by atoms with Gasteiger partial charge < -0.3 is 19.5 Å². The molecule has 0 radical (unpaired) electrons. The van der Waals surface area contributed by atoms with E-state index in [1.54, 1.807) is 17.0 Å². The van der Waals surface area contributed by atoms with Crippen LogP contribution in [0.4, 0.5) is 0 Å². The molecule has 164 valence electrons. The molecule has 2 aromatic carbocycles. The summed E-state index contributed by atoms with van der Waals surface area (Å²) in [6.07, 6.45) is 0. The quantitative estimate of drug-likeness (QED) is 0.526. The topological polar surface area (TPSA) is 68.8 Å². The fourth-order valence-electron chi connectivity index (χ4n) is 3.44. The van der Waals surface area contributed by atoms with E-state index in [1.807, 2.05) is 26.0 Å². The molecule has 0 saturated heterocycles. The molecule has 6 nitrogen and oxygen atoms in total. The summed E-state index contributed by atoms with van der Waals surface area (Å²) < 4.78 is 11.0. The number of aromatic nitrogens is 1. The highest BCUT2D eigenvalue weighted by Gasteiger charge is 2.11. The van der Waals surface area contributed by atoms with Gasteiger partial charge in [0.05, 0.1) is 24.3 Å². The van der Waals surface area contributed by atoms with Gasteiger partial charge >= 0.3 is 0 Å². The number of amides is 1. The minimum atomic E-state index is -0.126. The van der Waals surface area contributed by atoms with Crippen molar-refractivity contribution >= 4 is 5.91 Å². The Morgan fingerprint density at radius 3 is 2.42 bits per heavy atom. The van der Waals surface area contributed by atoms with Crippen molar-refractivity contribution in [1.82, 2.24) is 10.5 Å². The number of nitrogens with zero attached hydrogens (tertiary/aromatic N) is 1. The number of aryl methyl sites for hydroxylation is 2. The molecule has 2 N–H and O–H groups in total. The lowest BCUT2D eigenvalue weighted by atomic mass is 10.1. The number of hydrogen-bond donors (Lipinski definition) is 2. The summed E-state index contributed by atoms with van der Waals surface area (Å²) in [6, 6.07) is 15.7. The molecule has 0 aliphatic heterocycles. The molecule has 3 rings (SSSR count). The molecule has 0 spiro atoms. The third kappa shape index (κ3) is 6.18. The van der Waals surface area contributed by atoms with Crippen molar-refractivity contribution < 1.29 is 19.0 Å². The van der Waals surface area contributed by atoms with Gasteiger partial charge in [0, 0.05) is 17.7 Å². The third-order valence-electron chi connectivity index (χ3n) is 5.59. The van der Waals surface area contributed by atoms with Crippen LogP contribution in [0.25, 0.3) is 0 Å². The van der Waals surface area contributed by atoms with E-state index in [1.165, 1.54) is 5.56 Å². The maximum absolute atomic E-state index is 12.6. The maximum Gasteiger partial charge on any atom is 0.251 e. The zero-order valence-corrected chi connectivity index (χ0v) is 18.8. The summed E-state index contributed by atoms with van der Waals surface area (Å²) >= 11 is 0. The van der Waals surface area contributed by atoms with Crippen LogP contribution in [0.2, 0.25) is 0 Å². The number of quaternary nitrogens is 1. The van der Waals surface area contributed by atoms with Crippen LogP contribution in [0.5, 0.6) is 5.75 Å². The first-order valence-corrected chi connectivity index (χ1v) is 10.8. The highest BCUT2D eigenvalue weighted by atomic mass is 16.5. The summed E-state index contributed by atoms with van der Waals surface area (Å²) in [4.78, 5) is 14.2. The Kier molecular flexibility index (Phi) is 7.84. The smallest absolute Gasteiger partial charge is 0.251 e. The SMILES string of the molecule is CC[NH+](CC)Cc1ccc(CNC(=O)c2cccc(OCc3c(C)noc3C)c2)cc1. The number of carbonyl (C=O) groups is 1. The van der Waals surface area contributed by atoms with Gasteiger partial charge in [0.1, 0.15) is 24.7 Å². The molecule has 1 aromatic heterocycles. The fourth-order valence-corrected chi connectivity index (χ4v) is 3.44. The molecule has 0 bridgehead atoms. The Labute approximate surface area is 184 Å². The highest BCUT2D eigenvalue weighted by molar-refractivity contribution is 5.94. The van der Waals surface area contributed by atoms with E-state index in [-0.39, 0.29) is 5.91 Å². The molecular formula is C25H32N3O3+. The molecule has 0 atom stereocenters. The van der Waals surface area contributed by atoms with Gasteiger partial charge in [-0.25, -0.2) is 0 Å². The monoisotopic (exact) mass is 422 g/mol. The Morgan fingerprint density at radius 2 is 1.77 bits per heavy atom. The van der Waals surface area contributed by atoms with Crippen LogP contribution < -0.4 is 15.0 Å². The van der Waals surface area contributed by atoms with E-state index >= 15 is 0 Å². The number of benzene rings is 2. The number of carbonyl (C=O) groups excluding carboxylic acids is 1. The average molecular weight is 423 g/mol. The molecule has 31 heavy (non-hydrogen) atoms. The summed E-state index contributed by atoms with van der Waals surface area (Å²) in [6.45, 7) is 12.3. The number of ether oxygens (including phenoxy) is 1. The van der Waals surface area contributed by atoms with E-state index in [9.17, 15) is 4.79 Å². The van der Waals surface area contributed by atoms with E-state index < -0.39 is 0 Å². The summed E-state index contributed by atoms with van der Waals surface area (Å²) in [5, 5.41) is 6.92. The number of nitrogens with one attached hydrogen (secondary N) is 2. The zero-order valence-electron chi connectivity index (χ0n) is 18.8. The standard InChI is InChI=1S/C25H31N3O3/c1-5-28(6-2)16-21-12-10-20(11-13-21)15-26-25(29)22-8-7-9-23(14-22)30-17-24-18(3)27-31-19(24)4/h7-14H,5-6,15-17H2,1-4H3,(H,26,29)/p+1. The Hall–Kier alpha value is -3.12. The third-order valence-corrected chi connectivity index (χ3v) is 5.59. The van der Waals surface area contributed by atoms with Crippen molar-refractivity contribution in [2.75, 3.05) is 13.1 Å². The summed E-state index contributed by atoms with van der Waals surface area (Å²) in [5.74, 6) is 1.26. The number of rotatable bonds is 10. The molecular weight excluding hydrogens is 390 g/mol. The van der Waals surface area contributed by atoms with Gasteiger partial charge in [-0.15, -0.1) is 0 Å². The summed E-state index contributed by atoms with van der Waals surface area (Å²) in [5.41, 5.74) is 4.71. The van der Waals surface area contributed by atoms with Crippen molar-refractivity contribution in [3.05, 3.63) is 82.2 Å². The second-order valence-electron chi connectivity index (χ2n) is 7.75. The Balaban J connectivity index is 1.54. The first kappa shape index (κ1) is 22.6. The molecule has 1 heterocycles. The highest BCUT2D eigenvalue weighted by Crippen LogP contribution is 2.18. The van der Waals surface area contributed by atoms with Crippen molar-refractivity contribution in [1.29, 1.82) is 0 Å². The molecule has 0 unspecified atom stereocenters. The van der Waals surface area contributed by atoms with Gasteiger partial charge in [-0.05, 0) is 51.5 Å². The van der Waals surface area contributed by atoms with Crippen molar-refractivity contribution in [3.63, 3.8) is 0 Å². The largest absolute Gasteiger partial charge is 0.489 e. The predicted octanol–water partition coefficient (Wildman–Crippen LogP) is 3.23. The Morgan fingerprint density at radius 1 is 1.06 bits per heavy atom. The van der Waals surface area contributed by atoms with E-state index in [4.69, 9.17) is 9.26 Å². The molecule has 6 heteroatoms. The molecule has 3 aromatic rings. The molecule has 0 saturated carbocycles. The lowest BCUT2D eigenvalue weighted by molar-refractivity contribution is -0.910. The second-order valence-corrected chi connectivity index (χ2v) is 7.75. The Bertz CT molecular complexity index is 972. The van der Waals surface area contributed by atoms with Gasteiger partial charge in [-0.3, -0.25) is 4.79 Å². The van der Waals surface area contributed by atoms with Gasteiger partial charge in [0.2, 0.25) is 0 Å². The van der Waals surface area contributed by atoms with Crippen LogP contribution in [0, 0.1) is 13.8 Å². The van der Waals surface area contributed by atoms with Crippen molar-refractivity contribution in [3.8, 4) is 5.75 Å². The second kappa shape index (κ2) is 10.8. The van der Waals surface area contributed by atoms with Crippen molar-refractivity contribution in [2.45, 2.75) is 47.4 Å². The molecule has 0 aliphatic rings. The van der Waals surface area contributed by atoms with Crippen LogP contribution in [0.15, 0.2) is 53.1 Å². The lowest BCUT2D eigenvalue weighted by Gasteiger charge is -2.15. The predicted molar refractivity (Wildman–Crippen MR) is 120 cm³/mol. The van der Waals surface area contributed by atoms with E-state index in [0.29, 0.717) is 24.5 Å². The lowest BCUT2D eigenvalue weighted by Crippen LogP contribution is -3.10. The maximum atomic E-state index is 12.6. The summed E-state index contributed by atoms with van der Waals surface area (Å²) in [7, 11) is 0. The molecule has 0 aliphatic carbocycles. The fraction of sp³-hybridized carbons (Fsp3) is 0.360. The minimum absolute atomic E-state index is 0.126. The normalized spacial score (nSPS) is 11.0. The first-order chi connectivity index (χ1) is 15.0. The van der Waals surface area contributed by atoms with Gasteiger partial charge in [0.25, 0.3) is 5.91 Å². The number of hydrogen-bond acceptors (Lipinski definition) is 4. The van der Waals surface area contributed by atoms with Crippen LogP contribution in [-0.4, -0.2) is 24.2 Å².